The van der Waals surface area contributed by atoms with Crippen molar-refractivity contribution in [2.75, 3.05) is 32.5 Å². The minimum atomic E-state index is -4.43. The van der Waals surface area contributed by atoms with Gasteiger partial charge in [0.25, 0.3) is 5.91 Å². The van der Waals surface area contributed by atoms with E-state index in [4.69, 9.17) is 0 Å². The van der Waals surface area contributed by atoms with Gasteiger partial charge in [0.1, 0.15) is 17.8 Å². The van der Waals surface area contributed by atoms with E-state index in [1.807, 2.05) is 19.0 Å². The number of benzene rings is 1. The van der Waals surface area contributed by atoms with E-state index in [1.165, 1.54) is 24.5 Å². The second kappa shape index (κ2) is 7.93. The Morgan fingerprint density at radius 3 is 2.64 bits per heavy atom. The van der Waals surface area contributed by atoms with E-state index in [2.05, 4.69) is 20.6 Å². The molecule has 25 heavy (non-hydrogen) atoms. The van der Waals surface area contributed by atoms with Crippen molar-refractivity contribution in [3.8, 4) is 0 Å². The van der Waals surface area contributed by atoms with E-state index in [1.54, 1.807) is 0 Å². The molecule has 2 rings (SSSR count). The zero-order valence-corrected chi connectivity index (χ0v) is 13.8. The number of halogens is 3. The van der Waals surface area contributed by atoms with Crippen LogP contribution in [0.4, 0.5) is 24.7 Å². The molecule has 0 aliphatic heterocycles. The third-order valence-electron chi connectivity index (χ3n) is 3.21. The SMILES string of the molecule is CN(C)CCNC(=O)c1cc(Nc2cccc(C(F)(F)F)c2)ncn1. The van der Waals surface area contributed by atoms with E-state index >= 15 is 0 Å². The van der Waals surface area contributed by atoms with Crippen LogP contribution in [0.2, 0.25) is 0 Å². The monoisotopic (exact) mass is 353 g/mol. The molecule has 1 aromatic heterocycles. The number of carbonyl (C=O) groups is 1. The van der Waals surface area contributed by atoms with Crippen molar-refractivity contribution in [1.82, 2.24) is 20.2 Å². The summed E-state index contributed by atoms with van der Waals surface area (Å²) in [7, 11) is 3.77. The summed E-state index contributed by atoms with van der Waals surface area (Å²) in [4.78, 5) is 21.7. The fourth-order valence-electron chi connectivity index (χ4n) is 1.95. The number of alkyl halides is 3. The summed E-state index contributed by atoms with van der Waals surface area (Å²) in [5.41, 5.74) is -0.427. The first-order chi connectivity index (χ1) is 11.8. The Hall–Kier alpha value is -2.68. The van der Waals surface area contributed by atoms with Crippen LogP contribution in [0.1, 0.15) is 16.1 Å². The first kappa shape index (κ1) is 18.7. The van der Waals surface area contributed by atoms with Gasteiger partial charge in [-0.1, -0.05) is 6.07 Å². The number of nitrogens with one attached hydrogen (secondary N) is 2. The summed E-state index contributed by atoms with van der Waals surface area (Å²) in [6.45, 7) is 1.12. The van der Waals surface area contributed by atoms with Crippen LogP contribution in [-0.4, -0.2) is 48.0 Å². The van der Waals surface area contributed by atoms with Gasteiger partial charge in [0.2, 0.25) is 0 Å². The third kappa shape index (κ3) is 5.71. The molecule has 0 fully saturated rings. The van der Waals surface area contributed by atoms with Gasteiger partial charge in [-0.2, -0.15) is 13.2 Å². The van der Waals surface area contributed by atoms with Crippen LogP contribution in [0.5, 0.6) is 0 Å². The van der Waals surface area contributed by atoms with Crippen molar-refractivity contribution >= 4 is 17.4 Å². The van der Waals surface area contributed by atoms with Crippen molar-refractivity contribution < 1.29 is 18.0 Å². The Bertz CT molecular complexity index is 734. The van der Waals surface area contributed by atoms with E-state index in [9.17, 15) is 18.0 Å². The van der Waals surface area contributed by atoms with Gasteiger partial charge in [-0.05, 0) is 32.3 Å². The number of aromatic nitrogens is 2. The molecule has 0 bridgehead atoms. The molecule has 2 N–H and O–H groups in total. The van der Waals surface area contributed by atoms with E-state index in [0.717, 1.165) is 12.1 Å². The van der Waals surface area contributed by atoms with Crippen molar-refractivity contribution in [1.29, 1.82) is 0 Å². The quantitative estimate of drug-likeness (QED) is 0.835. The van der Waals surface area contributed by atoms with Crippen LogP contribution < -0.4 is 10.6 Å². The minimum Gasteiger partial charge on any atom is -0.349 e. The van der Waals surface area contributed by atoms with Crippen LogP contribution in [0.3, 0.4) is 0 Å². The first-order valence-corrected chi connectivity index (χ1v) is 7.45. The molecule has 0 atom stereocenters. The summed E-state index contributed by atoms with van der Waals surface area (Å²) in [5, 5.41) is 5.45. The number of hydrogen-bond donors (Lipinski definition) is 2. The van der Waals surface area contributed by atoms with Gasteiger partial charge < -0.3 is 15.5 Å². The maximum Gasteiger partial charge on any atom is 0.416 e. The molecule has 0 spiro atoms. The maximum atomic E-state index is 12.7. The molecule has 0 radical (unpaired) electrons. The lowest BCUT2D eigenvalue weighted by Crippen LogP contribution is -2.31. The van der Waals surface area contributed by atoms with E-state index < -0.39 is 11.7 Å². The fourth-order valence-corrected chi connectivity index (χ4v) is 1.95. The van der Waals surface area contributed by atoms with Gasteiger partial charge in [0.15, 0.2) is 0 Å². The molecule has 9 heteroatoms. The number of hydrogen-bond acceptors (Lipinski definition) is 5. The topological polar surface area (TPSA) is 70.2 Å². The standard InChI is InChI=1S/C16H18F3N5O/c1-24(2)7-6-20-15(25)13-9-14(22-10-21-13)23-12-5-3-4-11(8-12)16(17,18)19/h3-5,8-10H,6-7H2,1-2H3,(H,20,25)(H,21,22,23). The van der Waals surface area contributed by atoms with Gasteiger partial charge in [0.05, 0.1) is 5.56 Å². The van der Waals surface area contributed by atoms with Crippen molar-refractivity contribution in [3.05, 3.63) is 47.9 Å². The molecule has 134 valence electrons. The van der Waals surface area contributed by atoms with Crippen molar-refractivity contribution in [2.45, 2.75) is 6.18 Å². The number of nitrogens with zero attached hydrogens (tertiary/aromatic N) is 3. The number of amides is 1. The van der Waals surface area contributed by atoms with Crippen LogP contribution >= 0.6 is 0 Å². The lowest BCUT2D eigenvalue weighted by atomic mass is 10.2. The Morgan fingerprint density at radius 2 is 1.96 bits per heavy atom. The number of carbonyl (C=O) groups excluding carboxylic acids is 1. The summed E-state index contributed by atoms with van der Waals surface area (Å²) in [6, 6.07) is 6.11. The minimum absolute atomic E-state index is 0.128. The molecule has 1 amide bonds. The third-order valence-corrected chi connectivity index (χ3v) is 3.21. The van der Waals surface area contributed by atoms with E-state index in [0.29, 0.717) is 13.1 Å². The van der Waals surface area contributed by atoms with Crippen LogP contribution in [-0.2, 0) is 6.18 Å². The highest BCUT2D eigenvalue weighted by Gasteiger charge is 2.30. The Morgan fingerprint density at radius 1 is 1.20 bits per heavy atom. The highest BCUT2D eigenvalue weighted by atomic mass is 19.4. The van der Waals surface area contributed by atoms with Crippen molar-refractivity contribution in [3.63, 3.8) is 0 Å². The Kier molecular flexibility index (Phi) is 5.92. The fraction of sp³-hybridized carbons (Fsp3) is 0.312. The highest BCUT2D eigenvalue weighted by molar-refractivity contribution is 5.92. The van der Waals surface area contributed by atoms with E-state index in [-0.39, 0.29) is 23.1 Å². The molecule has 0 saturated heterocycles. The molecule has 1 heterocycles. The summed E-state index contributed by atoms with van der Waals surface area (Å²) < 4.78 is 38.2. The lowest BCUT2D eigenvalue weighted by Gasteiger charge is -2.11. The van der Waals surface area contributed by atoms with Gasteiger partial charge in [-0.15, -0.1) is 0 Å². The molecule has 6 nitrogen and oxygen atoms in total. The van der Waals surface area contributed by atoms with Gasteiger partial charge in [-0.3, -0.25) is 4.79 Å². The number of rotatable bonds is 6. The summed E-state index contributed by atoms with van der Waals surface area (Å²) in [5.74, 6) is -0.150. The zero-order valence-electron chi connectivity index (χ0n) is 13.8. The Labute approximate surface area is 143 Å². The summed E-state index contributed by atoms with van der Waals surface area (Å²) >= 11 is 0. The molecule has 1 aromatic carbocycles. The molecule has 0 aliphatic carbocycles. The van der Waals surface area contributed by atoms with Gasteiger partial charge in [0, 0.05) is 24.8 Å². The highest BCUT2D eigenvalue weighted by Crippen LogP contribution is 2.31. The van der Waals surface area contributed by atoms with Gasteiger partial charge >= 0.3 is 6.18 Å². The Balaban J connectivity index is 2.08. The van der Waals surface area contributed by atoms with Crippen molar-refractivity contribution in [2.24, 2.45) is 0 Å². The summed E-state index contributed by atoms with van der Waals surface area (Å²) in [6.07, 6.45) is -3.25. The maximum absolute atomic E-state index is 12.7. The van der Waals surface area contributed by atoms with Crippen LogP contribution in [0.15, 0.2) is 36.7 Å². The van der Waals surface area contributed by atoms with Crippen LogP contribution in [0.25, 0.3) is 0 Å². The van der Waals surface area contributed by atoms with Gasteiger partial charge in [-0.25, -0.2) is 9.97 Å². The molecule has 2 aromatic rings. The zero-order chi connectivity index (χ0) is 18.4. The predicted octanol–water partition coefficient (Wildman–Crippen LogP) is 2.53. The first-order valence-electron chi connectivity index (χ1n) is 7.45. The predicted molar refractivity (Wildman–Crippen MR) is 87.6 cm³/mol. The number of anilines is 2. The second-order valence-corrected chi connectivity index (χ2v) is 5.55. The normalized spacial score (nSPS) is 11.4. The average Bonchev–Trinajstić information content (AvgIpc) is 2.54. The molecule has 0 unspecified atom stereocenters. The largest absolute Gasteiger partial charge is 0.416 e. The molecule has 0 aliphatic rings. The molecule has 0 saturated carbocycles. The second-order valence-electron chi connectivity index (χ2n) is 5.55. The number of likely N-dealkylation sites (N-methyl/N-ethyl adjacent to an activating group) is 1. The van der Waals surface area contributed by atoms with Crippen LogP contribution in [0, 0.1) is 0 Å². The lowest BCUT2D eigenvalue weighted by molar-refractivity contribution is -0.137. The molecular weight excluding hydrogens is 335 g/mol. The smallest absolute Gasteiger partial charge is 0.349 e. The average molecular weight is 353 g/mol. The molecular formula is C16H18F3N5O.